The minimum Gasteiger partial charge on any atom is -0.466 e. The van der Waals surface area contributed by atoms with Crippen LogP contribution in [0.25, 0.3) is 0 Å². The monoisotopic (exact) mass is 261 g/mol. The molecule has 0 aromatic heterocycles. The van der Waals surface area contributed by atoms with Crippen LogP contribution in [0.2, 0.25) is 0 Å². The van der Waals surface area contributed by atoms with Crippen molar-refractivity contribution >= 4 is 17.7 Å². The van der Waals surface area contributed by atoms with Crippen molar-refractivity contribution in [1.82, 2.24) is 5.32 Å². The van der Waals surface area contributed by atoms with Gasteiger partial charge in [-0.15, -0.1) is 0 Å². The minimum atomic E-state index is -0.104. The molecule has 0 fully saturated rings. The summed E-state index contributed by atoms with van der Waals surface area (Å²) in [7, 11) is 0. The number of esters is 1. The fraction of sp³-hybridized carbons (Fsp3) is 0.923. The molecule has 102 valence electrons. The molecule has 0 saturated heterocycles. The number of nitrogens with one attached hydrogen (secondary N) is 1. The van der Waals surface area contributed by atoms with E-state index in [1.165, 1.54) is 31.4 Å². The number of carbonyl (C=O) groups excluding carboxylic acids is 1. The molecule has 0 radical (unpaired) electrons. The lowest BCUT2D eigenvalue weighted by Crippen LogP contribution is -2.30. The van der Waals surface area contributed by atoms with E-state index >= 15 is 0 Å². The molecule has 1 N–H and O–H groups in total. The van der Waals surface area contributed by atoms with Gasteiger partial charge in [-0.2, -0.15) is 11.8 Å². The molecule has 0 aliphatic heterocycles. The van der Waals surface area contributed by atoms with Crippen LogP contribution in [0.3, 0.4) is 0 Å². The Labute approximate surface area is 110 Å². The summed E-state index contributed by atoms with van der Waals surface area (Å²) in [6.07, 6.45) is 7.73. The van der Waals surface area contributed by atoms with Gasteiger partial charge in [0.1, 0.15) is 0 Å². The highest BCUT2D eigenvalue weighted by Gasteiger charge is 2.08. The molecule has 1 atom stereocenters. The molecular formula is C13H27NO2S. The second kappa shape index (κ2) is 12.2. The third-order valence-electron chi connectivity index (χ3n) is 2.55. The molecule has 0 aromatic carbocycles. The van der Waals surface area contributed by atoms with Gasteiger partial charge in [-0.25, -0.2) is 0 Å². The largest absolute Gasteiger partial charge is 0.466 e. The van der Waals surface area contributed by atoms with Gasteiger partial charge in [0.2, 0.25) is 0 Å². The van der Waals surface area contributed by atoms with Gasteiger partial charge in [0.15, 0.2) is 0 Å². The molecule has 17 heavy (non-hydrogen) atoms. The van der Waals surface area contributed by atoms with Crippen LogP contribution in [-0.4, -0.2) is 37.2 Å². The average molecular weight is 261 g/mol. The fourth-order valence-electron chi connectivity index (χ4n) is 1.62. The molecule has 0 amide bonds. The van der Waals surface area contributed by atoms with Gasteiger partial charge in [-0.05, 0) is 45.2 Å². The van der Waals surface area contributed by atoms with Crippen LogP contribution in [0.15, 0.2) is 0 Å². The molecule has 0 saturated carbocycles. The molecule has 0 aromatic rings. The molecule has 3 nitrogen and oxygen atoms in total. The summed E-state index contributed by atoms with van der Waals surface area (Å²) in [5.41, 5.74) is 0. The van der Waals surface area contributed by atoms with E-state index in [-0.39, 0.29) is 12.0 Å². The highest BCUT2D eigenvalue weighted by Crippen LogP contribution is 2.04. The molecule has 1 unspecified atom stereocenters. The average Bonchev–Trinajstić information content (AvgIpc) is 2.28. The Morgan fingerprint density at radius 1 is 1.29 bits per heavy atom. The van der Waals surface area contributed by atoms with Crippen molar-refractivity contribution in [2.75, 3.05) is 25.2 Å². The van der Waals surface area contributed by atoms with Crippen LogP contribution in [0.5, 0.6) is 0 Å². The Kier molecular flexibility index (Phi) is 12.1. The van der Waals surface area contributed by atoms with E-state index in [0.717, 1.165) is 6.54 Å². The maximum atomic E-state index is 11.2. The van der Waals surface area contributed by atoms with Crippen molar-refractivity contribution in [1.29, 1.82) is 0 Å². The first kappa shape index (κ1) is 16.8. The Morgan fingerprint density at radius 3 is 2.65 bits per heavy atom. The van der Waals surface area contributed by atoms with Crippen molar-refractivity contribution in [3.8, 4) is 0 Å². The molecule has 0 aliphatic carbocycles. The Balaban J connectivity index is 3.27. The molecule has 0 spiro atoms. The fourth-order valence-corrected chi connectivity index (χ4v) is 2.11. The van der Waals surface area contributed by atoms with Crippen LogP contribution >= 0.6 is 11.8 Å². The van der Waals surface area contributed by atoms with Crippen molar-refractivity contribution in [2.24, 2.45) is 0 Å². The zero-order valence-electron chi connectivity index (χ0n) is 11.5. The Bertz CT molecular complexity index is 188. The lowest BCUT2D eigenvalue weighted by atomic mass is 10.2. The molecule has 0 heterocycles. The summed E-state index contributed by atoms with van der Waals surface area (Å²) < 4.78 is 4.90. The number of unbranched alkanes of at least 4 members (excludes halogenated alkanes) is 3. The Hall–Kier alpha value is -0.220. The first-order valence-corrected chi connectivity index (χ1v) is 7.98. The van der Waals surface area contributed by atoms with Gasteiger partial charge >= 0.3 is 5.97 Å². The summed E-state index contributed by atoms with van der Waals surface area (Å²) in [5.74, 6) is 1.17. The summed E-state index contributed by atoms with van der Waals surface area (Å²) in [5, 5.41) is 3.36. The summed E-state index contributed by atoms with van der Waals surface area (Å²) in [4.78, 5) is 11.2. The maximum absolute atomic E-state index is 11.2. The lowest BCUT2D eigenvalue weighted by Gasteiger charge is -2.12. The third kappa shape index (κ3) is 12.0. The third-order valence-corrected chi connectivity index (χ3v) is 3.24. The quantitative estimate of drug-likeness (QED) is 0.458. The van der Waals surface area contributed by atoms with Gasteiger partial charge in [0.05, 0.1) is 13.0 Å². The lowest BCUT2D eigenvalue weighted by molar-refractivity contribution is -0.143. The molecule has 0 aliphatic rings. The smallest absolute Gasteiger partial charge is 0.307 e. The van der Waals surface area contributed by atoms with Gasteiger partial charge in [0.25, 0.3) is 0 Å². The summed E-state index contributed by atoms with van der Waals surface area (Å²) in [6.45, 7) is 5.34. The van der Waals surface area contributed by atoms with Crippen LogP contribution in [0, 0.1) is 0 Å². The normalized spacial score (nSPS) is 12.4. The number of hydrogen-bond donors (Lipinski definition) is 1. The van der Waals surface area contributed by atoms with Crippen molar-refractivity contribution in [3.63, 3.8) is 0 Å². The Morgan fingerprint density at radius 2 is 2.00 bits per heavy atom. The number of carbonyl (C=O) groups is 1. The van der Waals surface area contributed by atoms with Crippen LogP contribution in [-0.2, 0) is 9.53 Å². The maximum Gasteiger partial charge on any atom is 0.307 e. The van der Waals surface area contributed by atoms with Crippen LogP contribution < -0.4 is 5.32 Å². The predicted octanol–water partition coefficient (Wildman–Crippen LogP) is 2.84. The SMILES string of the molecule is CCOC(=O)CC(C)NCCCCCCSC. The zero-order chi connectivity index (χ0) is 12.9. The number of hydrogen-bond acceptors (Lipinski definition) is 4. The van der Waals surface area contributed by atoms with Crippen LogP contribution in [0.4, 0.5) is 0 Å². The molecule has 0 bridgehead atoms. The first-order valence-electron chi connectivity index (χ1n) is 6.58. The van der Waals surface area contributed by atoms with Crippen molar-refractivity contribution in [3.05, 3.63) is 0 Å². The molecule has 4 heteroatoms. The van der Waals surface area contributed by atoms with Gasteiger partial charge < -0.3 is 10.1 Å². The van der Waals surface area contributed by atoms with E-state index in [0.29, 0.717) is 13.0 Å². The highest BCUT2D eigenvalue weighted by atomic mass is 32.2. The predicted molar refractivity (Wildman–Crippen MR) is 75.6 cm³/mol. The van der Waals surface area contributed by atoms with E-state index in [4.69, 9.17) is 4.74 Å². The second-order valence-corrected chi connectivity index (χ2v) is 5.26. The van der Waals surface area contributed by atoms with Crippen molar-refractivity contribution in [2.45, 2.75) is 52.0 Å². The highest BCUT2D eigenvalue weighted by molar-refractivity contribution is 7.98. The van der Waals surface area contributed by atoms with E-state index in [2.05, 4.69) is 11.6 Å². The zero-order valence-corrected chi connectivity index (χ0v) is 12.3. The van der Waals surface area contributed by atoms with E-state index in [1.54, 1.807) is 0 Å². The van der Waals surface area contributed by atoms with E-state index < -0.39 is 0 Å². The number of rotatable bonds is 11. The van der Waals surface area contributed by atoms with E-state index in [9.17, 15) is 4.79 Å². The van der Waals surface area contributed by atoms with Gasteiger partial charge in [0, 0.05) is 6.04 Å². The topological polar surface area (TPSA) is 38.3 Å². The van der Waals surface area contributed by atoms with Crippen LogP contribution in [0.1, 0.15) is 46.0 Å². The number of ether oxygens (including phenoxy) is 1. The summed E-state index contributed by atoms with van der Waals surface area (Å²) in [6, 6.07) is 0.222. The second-order valence-electron chi connectivity index (χ2n) is 4.27. The number of thioether (sulfide) groups is 1. The molecule has 0 rings (SSSR count). The van der Waals surface area contributed by atoms with Gasteiger partial charge in [-0.3, -0.25) is 4.79 Å². The van der Waals surface area contributed by atoms with Gasteiger partial charge in [-0.1, -0.05) is 12.8 Å². The minimum absolute atomic E-state index is 0.104. The standard InChI is InChI=1S/C13H27NO2S/c1-4-16-13(15)11-12(2)14-9-7-5-6-8-10-17-3/h12,14H,4-11H2,1-3H3. The molecular weight excluding hydrogens is 234 g/mol. The van der Waals surface area contributed by atoms with E-state index in [1.807, 2.05) is 25.6 Å². The van der Waals surface area contributed by atoms with Crippen molar-refractivity contribution < 1.29 is 9.53 Å². The summed E-state index contributed by atoms with van der Waals surface area (Å²) >= 11 is 1.91. The first-order chi connectivity index (χ1) is 8.20.